The van der Waals surface area contributed by atoms with Gasteiger partial charge in [0.1, 0.15) is 11.0 Å². The molecule has 1 unspecified atom stereocenters. The molecule has 0 aromatic heterocycles. The number of fused-ring (bicyclic) bond motifs is 1. The smallest absolute Gasteiger partial charge is 0.414 e. The van der Waals surface area contributed by atoms with E-state index in [-0.39, 0.29) is 19.4 Å². The van der Waals surface area contributed by atoms with Crippen LogP contribution < -0.4 is 4.90 Å². The molecule has 0 radical (unpaired) electrons. The topological polar surface area (TPSA) is 79.6 Å². The van der Waals surface area contributed by atoms with Crippen molar-refractivity contribution in [2.45, 2.75) is 51.6 Å². The van der Waals surface area contributed by atoms with E-state index in [2.05, 4.69) is 6.07 Å². The Morgan fingerprint density at radius 1 is 1.36 bits per heavy atom. The maximum atomic E-state index is 12.7. The van der Waals surface area contributed by atoms with E-state index in [1.165, 1.54) is 12.0 Å². The summed E-state index contributed by atoms with van der Waals surface area (Å²) in [6.45, 7) is 7.40. The van der Waals surface area contributed by atoms with Crippen molar-refractivity contribution < 1.29 is 19.1 Å². The third kappa shape index (κ3) is 3.60. The van der Waals surface area contributed by atoms with Gasteiger partial charge in [-0.25, -0.2) is 4.79 Å². The lowest BCUT2D eigenvalue weighted by atomic mass is 9.78. The summed E-state index contributed by atoms with van der Waals surface area (Å²) in [7, 11) is 1.32. The average Bonchev–Trinajstić information content (AvgIpc) is 2.85. The first kappa shape index (κ1) is 18.8. The van der Waals surface area contributed by atoms with Crippen molar-refractivity contribution in [2.75, 3.05) is 18.6 Å². The quantitative estimate of drug-likeness (QED) is 0.785. The van der Waals surface area contributed by atoms with Crippen molar-refractivity contribution >= 4 is 17.7 Å². The van der Waals surface area contributed by atoms with Crippen LogP contribution in [0, 0.1) is 18.3 Å². The van der Waals surface area contributed by atoms with Crippen LogP contribution in [0.4, 0.5) is 10.5 Å². The van der Waals surface area contributed by atoms with Crippen molar-refractivity contribution in [1.82, 2.24) is 0 Å². The van der Waals surface area contributed by atoms with Crippen LogP contribution in [0.2, 0.25) is 0 Å². The Hall–Kier alpha value is -2.55. The second kappa shape index (κ2) is 6.75. The van der Waals surface area contributed by atoms with E-state index in [9.17, 15) is 9.59 Å². The van der Waals surface area contributed by atoms with E-state index in [0.717, 1.165) is 5.56 Å². The maximum absolute atomic E-state index is 12.7. The third-order valence-electron chi connectivity index (χ3n) is 4.24. The summed E-state index contributed by atoms with van der Waals surface area (Å²) in [5.41, 5.74) is 0.603. The van der Waals surface area contributed by atoms with Crippen LogP contribution in [0.3, 0.4) is 0 Å². The number of hydrogen-bond donors (Lipinski definition) is 0. The predicted molar refractivity (Wildman–Crippen MR) is 93.3 cm³/mol. The van der Waals surface area contributed by atoms with Crippen LogP contribution in [0.25, 0.3) is 0 Å². The molecule has 0 aliphatic carbocycles. The molecule has 0 bridgehead atoms. The highest BCUT2D eigenvalue weighted by Gasteiger charge is 2.51. The monoisotopic (exact) mass is 344 g/mol. The van der Waals surface area contributed by atoms with E-state index in [0.29, 0.717) is 11.3 Å². The Kier molecular flexibility index (Phi) is 5.07. The third-order valence-corrected chi connectivity index (χ3v) is 4.24. The Bertz CT molecular complexity index is 730. The summed E-state index contributed by atoms with van der Waals surface area (Å²) in [5.74, 6) is -0.445. The minimum absolute atomic E-state index is 0.106. The normalized spacial score (nSPS) is 19.1. The van der Waals surface area contributed by atoms with Crippen molar-refractivity contribution in [1.29, 1.82) is 5.26 Å². The highest BCUT2D eigenvalue weighted by Crippen LogP contribution is 2.45. The van der Waals surface area contributed by atoms with Crippen LogP contribution in [-0.2, 0) is 19.7 Å². The molecule has 2 rings (SSSR count). The van der Waals surface area contributed by atoms with Crippen LogP contribution in [0.5, 0.6) is 0 Å². The van der Waals surface area contributed by atoms with E-state index in [4.69, 9.17) is 14.7 Å². The average molecular weight is 344 g/mol. The van der Waals surface area contributed by atoms with Gasteiger partial charge in [-0.1, -0.05) is 12.1 Å². The van der Waals surface area contributed by atoms with Gasteiger partial charge < -0.3 is 9.47 Å². The lowest BCUT2D eigenvalue weighted by Gasteiger charge is -2.28. The molecule has 6 heteroatoms. The first-order valence-corrected chi connectivity index (χ1v) is 8.21. The van der Waals surface area contributed by atoms with Crippen molar-refractivity contribution in [3.05, 3.63) is 29.3 Å². The van der Waals surface area contributed by atoms with Gasteiger partial charge in [0.2, 0.25) is 0 Å². The molecule has 1 aromatic rings. The lowest BCUT2D eigenvalue weighted by molar-refractivity contribution is -0.147. The summed E-state index contributed by atoms with van der Waals surface area (Å²) in [6, 6.07) is 7.66. The number of rotatable bonds is 3. The molecular formula is C19H24N2O4. The van der Waals surface area contributed by atoms with Gasteiger partial charge >= 0.3 is 12.1 Å². The Labute approximate surface area is 148 Å². The molecule has 25 heavy (non-hydrogen) atoms. The number of benzene rings is 1. The zero-order valence-corrected chi connectivity index (χ0v) is 15.4. The summed E-state index contributed by atoms with van der Waals surface area (Å²) >= 11 is 0. The molecule has 1 atom stereocenters. The van der Waals surface area contributed by atoms with E-state index in [1.807, 2.05) is 25.1 Å². The minimum Gasteiger partial charge on any atom is -0.468 e. The fourth-order valence-electron chi connectivity index (χ4n) is 3.14. The first-order valence-electron chi connectivity index (χ1n) is 8.21. The predicted octanol–water partition coefficient (Wildman–Crippen LogP) is 3.46. The summed E-state index contributed by atoms with van der Waals surface area (Å²) in [5, 5.41) is 9.01. The van der Waals surface area contributed by atoms with E-state index in [1.54, 1.807) is 20.8 Å². The van der Waals surface area contributed by atoms with Crippen LogP contribution >= 0.6 is 0 Å². The fraction of sp³-hybridized carbons (Fsp3) is 0.526. The summed E-state index contributed by atoms with van der Waals surface area (Å²) in [6.07, 6.45) is -0.0436. The minimum atomic E-state index is -1.05. The van der Waals surface area contributed by atoms with Gasteiger partial charge in [0.15, 0.2) is 0 Å². The second-order valence-electron chi connectivity index (χ2n) is 7.32. The molecule has 1 aliphatic heterocycles. The van der Waals surface area contributed by atoms with Crippen LogP contribution in [-0.4, -0.2) is 31.3 Å². The van der Waals surface area contributed by atoms with Crippen molar-refractivity contribution in [3.63, 3.8) is 0 Å². The number of hydrogen-bond acceptors (Lipinski definition) is 5. The molecule has 0 N–H and O–H groups in total. The largest absolute Gasteiger partial charge is 0.468 e. The maximum Gasteiger partial charge on any atom is 0.414 e. The number of aryl methyl sites for hydroxylation is 1. The molecular weight excluding hydrogens is 320 g/mol. The number of methoxy groups -OCH3 is 1. The van der Waals surface area contributed by atoms with Gasteiger partial charge in [-0.05, 0) is 51.3 Å². The number of esters is 1. The molecule has 0 spiro atoms. The number of nitrogens with zero attached hydrogens (tertiary/aromatic N) is 2. The summed E-state index contributed by atoms with van der Waals surface area (Å²) in [4.78, 5) is 26.8. The molecule has 6 nitrogen and oxygen atoms in total. The first-order chi connectivity index (χ1) is 11.6. The van der Waals surface area contributed by atoms with Crippen LogP contribution in [0.15, 0.2) is 18.2 Å². The van der Waals surface area contributed by atoms with Gasteiger partial charge in [0.05, 0.1) is 18.9 Å². The Balaban J connectivity index is 2.54. The fourth-order valence-corrected chi connectivity index (χ4v) is 3.14. The molecule has 0 fully saturated rings. The van der Waals surface area contributed by atoms with Gasteiger partial charge in [0.25, 0.3) is 0 Å². The molecule has 134 valence electrons. The molecule has 1 aromatic carbocycles. The number of ether oxygens (including phenoxy) is 2. The molecule has 0 saturated heterocycles. The number of nitriles is 1. The second-order valence-corrected chi connectivity index (χ2v) is 7.32. The van der Waals surface area contributed by atoms with Gasteiger partial charge in [-0.3, -0.25) is 9.69 Å². The Morgan fingerprint density at radius 3 is 2.60 bits per heavy atom. The number of anilines is 1. The van der Waals surface area contributed by atoms with E-state index >= 15 is 0 Å². The summed E-state index contributed by atoms with van der Waals surface area (Å²) < 4.78 is 10.5. The SMILES string of the molecule is COC(=O)C1(CCC#N)CN(C(=O)OC(C)(C)C)c2cc(C)ccc21. The zero-order valence-electron chi connectivity index (χ0n) is 15.4. The van der Waals surface area contributed by atoms with Crippen molar-refractivity contribution in [3.8, 4) is 6.07 Å². The molecule has 0 saturated carbocycles. The number of carbonyl (C=O) groups is 2. The standard InChI is InChI=1S/C19H24N2O4/c1-13-7-8-14-15(11-13)21(17(23)25-18(2,3)4)12-19(14,9-6-10-20)16(22)24-5/h7-8,11H,6,9,12H2,1-5H3. The lowest BCUT2D eigenvalue weighted by Crippen LogP contribution is -2.44. The number of amides is 1. The van der Waals surface area contributed by atoms with E-state index < -0.39 is 23.1 Å². The highest BCUT2D eigenvalue weighted by molar-refractivity contribution is 5.98. The Morgan fingerprint density at radius 2 is 2.04 bits per heavy atom. The molecule has 1 heterocycles. The van der Waals surface area contributed by atoms with Gasteiger partial charge in [-0.2, -0.15) is 5.26 Å². The van der Waals surface area contributed by atoms with Crippen molar-refractivity contribution in [2.24, 2.45) is 0 Å². The number of carbonyl (C=O) groups excluding carboxylic acids is 2. The molecule has 1 aliphatic rings. The highest BCUT2D eigenvalue weighted by atomic mass is 16.6. The molecule has 1 amide bonds. The van der Waals surface area contributed by atoms with Gasteiger partial charge in [-0.15, -0.1) is 0 Å². The van der Waals surface area contributed by atoms with Crippen LogP contribution in [0.1, 0.15) is 44.7 Å². The van der Waals surface area contributed by atoms with Gasteiger partial charge in [0, 0.05) is 13.0 Å². The zero-order chi connectivity index (χ0) is 18.8.